The zero-order valence-electron chi connectivity index (χ0n) is 18.8. The van der Waals surface area contributed by atoms with Crippen molar-refractivity contribution < 1.29 is 13.2 Å². The van der Waals surface area contributed by atoms with Gasteiger partial charge >= 0.3 is 0 Å². The predicted octanol–water partition coefficient (Wildman–Crippen LogP) is 4.34. The minimum Gasteiger partial charge on any atom is -0.334 e. The molecular weight excluding hydrogens is 454 g/mol. The summed E-state index contributed by atoms with van der Waals surface area (Å²) in [5.41, 5.74) is 3.33. The van der Waals surface area contributed by atoms with Crippen molar-refractivity contribution in [2.45, 2.75) is 43.5 Å². The van der Waals surface area contributed by atoms with Crippen molar-refractivity contribution >= 4 is 27.3 Å². The molecule has 0 N–H and O–H groups in total. The molecule has 0 aliphatic carbocycles. The van der Waals surface area contributed by atoms with Crippen molar-refractivity contribution in [1.29, 1.82) is 0 Å². The number of carbonyl (C=O) groups excluding carboxylic acids is 1. The van der Waals surface area contributed by atoms with Crippen LogP contribution in [0.3, 0.4) is 0 Å². The Morgan fingerprint density at radius 1 is 1.03 bits per heavy atom. The normalized spacial score (nSPS) is 15.4. The third kappa shape index (κ3) is 5.69. The first-order valence-corrected chi connectivity index (χ1v) is 13.6. The summed E-state index contributed by atoms with van der Waals surface area (Å²) in [6.07, 6.45) is 5.55. The van der Waals surface area contributed by atoms with Crippen molar-refractivity contribution in [2.75, 3.05) is 13.1 Å². The van der Waals surface area contributed by atoms with E-state index < -0.39 is 10.0 Å². The molecule has 1 amide bonds. The van der Waals surface area contributed by atoms with E-state index in [1.807, 2.05) is 17.0 Å². The molecule has 1 aromatic carbocycles. The highest BCUT2D eigenvalue weighted by molar-refractivity contribution is 7.91. The third-order valence-electron chi connectivity index (χ3n) is 6.10. The van der Waals surface area contributed by atoms with Crippen LogP contribution in [0.2, 0.25) is 0 Å². The highest BCUT2D eigenvalue weighted by Crippen LogP contribution is 2.28. The van der Waals surface area contributed by atoms with E-state index >= 15 is 0 Å². The summed E-state index contributed by atoms with van der Waals surface area (Å²) in [4.78, 5) is 19.6. The summed E-state index contributed by atoms with van der Waals surface area (Å²) in [5.74, 6) is -0.113. The first kappa shape index (κ1) is 23.6. The quantitative estimate of drug-likeness (QED) is 0.478. The topological polar surface area (TPSA) is 70.6 Å². The molecule has 174 valence electrons. The van der Waals surface area contributed by atoms with Gasteiger partial charge in [0.05, 0.1) is 0 Å². The molecule has 3 heterocycles. The third-order valence-corrected chi connectivity index (χ3v) is 9.38. The minimum atomic E-state index is -3.47. The number of piperidine rings is 1. The van der Waals surface area contributed by atoms with Crippen LogP contribution < -0.4 is 0 Å². The number of nitrogens with zero attached hydrogens (tertiary/aromatic N) is 3. The summed E-state index contributed by atoms with van der Waals surface area (Å²) < 4.78 is 27.5. The monoisotopic (exact) mass is 483 g/mol. The fourth-order valence-corrected chi connectivity index (χ4v) is 6.78. The highest BCUT2D eigenvalue weighted by Gasteiger charge is 2.34. The molecule has 0 bridgehead atoms. The Morgan fingerprint density at radius 3 is 2.33 bits per heavy atom. The van der Waals surface area contributed by atoms with Crippen molar-refractivity contribution in [2.24, 2.45) is 5.92 Å². The first-order valence-electron chi connectivity index (χ1n) is 11.3. The molecule has 0 radical (unpaired) electrons. The van der Waals surface area contributed by atoms with Gasteiger partial charge in [0.2, 0.25) is 5.91 Å². The van der Waals surface area contributed by atoms with Crippen molar-refractivity contribution in [3.05, 3.63) is 83.0 Å². The number of benzene rings is 1. The van der Waals surface area contributed by atoms with Crippen molar-refractivity contribution in [3.8, 4) is 0 Å². The van der Waals surface area contributed by atoms with Crippen LogP contribution in [0.15, 0.2) is 70.5 Å². The number of aromatic nitrogens is 1. The highest BCUT2D eigenvalue weighted by atomic mass is 32.2. The molecule has 2 aromatic heterocycles. The predicted molar refractivity (Wildman–Crippen MR) is 130 cm³/mol. The van der Waals surface area contributed by atoms with E-state index in [2.05, 4.69) is 36.2 Å². The lowest BCUT2D eigenvalue weighted by Gasteiger charge is -2.33. The van der Waals surface area contributed by atoms with Crippen LogP contribution in [0.4, 0.5) is 0 Å². The Kier molecular flexibility index (Phi) is 7.57. The van der Waals surface area contributed by atoms with Crippen LogP contribution in [0.25, 0.3) is 0 Å². The number of thiophene rings is 1. The zero-order valence-corrected chi connectivity index (χ0v) is 20.4. The maximum Gasteiger partial charge on any atom is 0.252 e. The van der Waals surface area contributed by atoms with Gasteiger partial charge in [0.1, 0.15) is 4.21 Å². The number of carbonyl (C=O) groups is 1. The zero-order chi connectivity index (χ0) is 23.3. The molecular formula is C25H29N3O3S2. The van der Waals surface area contributed by atoms with Crippen LogP contribution in [-0.4, -0.2) is 41.6 Å². The van der Waals surface area contributed by atoms with E-state index in [0.717, 1.165) is 17.5 Å². The average molecular weight is 484 g/mol. The molecule has 0 unspecified atom stereocenters. The van der Waals surface area contributed by atoms with Crippen LogP contribution in [0, 0.1) is 5.92 Å². The van der Waals surface area contributed by atoms with Gasteiger partial charge in [-0.15, -0.1) is 11.3 Å². The molecule has 0 spiro atoms. The number of hydrogen-bond acceptors (Lipinski definition) is 5. The fraction of sp³-hybridized carbons (Fsp3) is 0.360. The molecule has 1 saturated heterocycles. The summed E-state index contributed by atoms with van der Waals surface area (Å²) in [5, 5.41) is 1.77. The first-order chi connectivity index (χ1) is 16.0. The Labute approximate surface area is 199 Å². The summed E-state index contributed by atoms with van der Waals surface area (Å²) in [6, 6.07) is 15.6. The van der Waals surface area contributed by atoms with Gasteiger partial charge in [-0.05, 0) is 53.5 Å². The number of hydrogen-bond donors (Lipinski definition) is 0. The van der Waals surface area contributed by atoms with Crippen LogP contribution >= 0.6 is 11.3 Å². The van der Waals surface area contributed by atoms with Crippen LogP contribution in [0.1, 0.15) is 36.5 Å². The van der Waals surface area contributed by atoms with Gasteiger partial charge in [0.15, 0.2) is 0 Å². The maximum absolute atomic E-state index is 13.6. The lowest BCUT2D eigenvalue weighted by Crippen LogP contribution is -2.44. The smallest absolute Gasteiger partial charge is 0.252 e. The molecule has 1 fully saturated rings. The molecule has 33 heavy (non-hydrogen) atoms. The standard InChI is InChI=1S/C25H29N3O3S2/c1-2-20-7-9-21(10-8-20)18-27(19-22-5-3-13-26-17-22)25(29)23-11-14-28(15-12-23)33(30,31)24-6-4-16-32-24/h3-10,13,16-17,23H,2,11-12,14-15,18-19H2,1H3. The van der Waals surface area contributed by atoms with Crippen molar-refractivity contribution in [3.63, 3.8) is 0 Å². The molecule has 1 aliphatic heterocycles. The SMILES string of the molecule is CCc1ccc(CN(Cc2cccnc2)C(=O)C2CCN(S(=O)(=O)c3cccs3)CC2)cc1. The van der Waals surface area contributed by atoms with Gasteiger partial charge in [0, 0.05) is 44.5 Å². The van der Waals surface area contributed by atoms with E-state index in [4.69, 9.17) is 0 Å². The molecule has 0 saturated carbocycles. The molecule has 3 aromatic rings. The Hall–Kier alpha value is -2.55. The van der Waals surface area contributed by atoms with Gasteiger partial charge in [-0.25, -0.2) is 8.42 Å². The minimum absolute atomic E-state index is 0.0755. The number of amides is 1. The van der Waals surface area contributed by atoms with Gasteiger partial charge < -0.3 is 4.90 Å². The van der Waals surface area contributed by atoms with Crippen LogP contribution in [0.5, 0.6) is 0 Å². The van der Waals surface area contributed by atoms with Crippen LogP contribution in [-0.2, 0) is 34.3 Å². The maximum atomic E-state index is 13.6. The summed E-state index contributed by atoms with van der Waals surface area (Å²) in [7, 11) is -3.47. The average Bonchev–Trinajstić information content (AvgIpc) is 3.40. The second-order valence-corrected chi connectivity index (χ2v) is 11.4. The Morgan fingerprint density at radius 2 is 1.73 bits per heavy atom. The second kappa shape index (κ2) is 10.6. The van der Waals surface area contributed by atoms with E-state index in [1.165, 1.54) is 21.2 Å². The lowest BCUT2D eigenvalue weighted by atomic mass is 9.96. The second-order valence-electron chi connectivity index (χ2n) is 8.34. The van der Waals surface area contributed by atoms with E-state index in [1.54, 1.807) is 29.9 Å². The number of rotatable bonds is 8. The fourth-order valence-electron chi connectivity index (χ4n) is 4.16. The largest absolute Gasteiger partial charge is 0.334 e. The number of aryl methyl sites for hydroxylation is 1. The van der Waals surface area contributed by atoms with Gasteiger partial charge in [-0.2, -0.15) is 4.31 Å². The van der Waals surface area contributed by atoms with Gasteiger partial charge in [0.25, 0.3) is 10.0 Å². The van der Waals surface area contributed by atoms with Gasteiger partial charge in [-0.3, -0.25) is 9.78 Å². The van der Waals surface area contributed by atoms with E-state index in [-0.39, 0.29) is 11.8 Å². The summed E-state index contributed by atoms with van der Waals surface area (Å²) >= 11 is 1.23. The van der Waals surface area contributed by atoms with Gasteiger partial charge in [-0.1, -0.05) is 43.3 Å². The number of pyridine rings is 1. The van der Waals surface area contributed by atoms with E-state index in [0.29, 0.717) is 43.2 Å². The molecule has 6 nitrogen and oxygen atoms in total. The van der Waals surface area contributed by atoms with Crippen molar-refractivity contribution in [1.82, 2.24) is 14.2 Å². The summed E-state index contributed by atoms with van der Waals surface area (Å²) in [6.45, 7) is 3.85. The van der Waals surface area contributed by atoms with E-state index in [9.17, 15) is 13.2 Å². The Bertz CT molecular complexity index is 1140. The molecule has 4 rings (SSSR count). The molecule has 1 aliphatic rings. The number of sulfonamides is 1. The molecule has 8 heteroatoms. The molecule has 0 atom stereocenters. The Balaban J connectivity index is 1.46. The lowest BCUT2D eigenvalue weighted by molar-refractivity contribution is -0.138.